The van der Waals surface area contributed by atoms with Crippen LogP contribution in [0.15, 0.2) is 0 Å². The normalized spacial score (nSPS) is 40.6. The third kappa shape index (κ3) is 2.07. The van der Waals surface area contributed by atoms with Crippen molar-refractivity contribution in [3.8, 4) is 0 Å². The Morgan fingerprint density at radius 3 is 2.00 bits per heavy atom. The second-order valence-electron chi connectivity index (χ2n) is 6.10. The van der Waals surface area contributed by atoms with Crippen LogP contribution in [0, 0.1) is 5.41 Å². The summed E-state index contributed by atoms with van der Waals surface area (Å²) < 4.78 is 0. The van der Waals surface area contributed by atoms with Crippen molar-refractivity contribution in [1.29, 1.82) is 0 Å². The minimum Gasteiger partial charge on any atom is -0.328 e. The van der Waals surface area contributed by atoms with Crippen molar-refractivity contribution in [1.82, 2.24) is 4.90 Å². The molecule has 2 aliphatic carbocycles. The second-order valence-corrected chi connectivity index (χ2v) is 6.10. The minimum atomic E-state index is 0.501. The number of rotatable bonds is 1. The molecule has 2 N–H and O–H groups in total. The molecule has 1 aliphatic heterocycles. The number of piperidine rings is 1. The molecule has 0 atom stereocenters. The van der Waals surface area contributed by atoms with Gasteiger partial charge in [-0.05, 0) is 69.9 Å². The first kappa shape index (κ1) is 10.1. The lowest BCUT2D eigenvalue weighted by atomic mass is 9.87. The van der Waals surface area contributed by atoms with Crippen LogP contribution in [0.5, 0.6) is 0 Å². The van der Waals surface area contributed by atoms with E-state index in [1.54, 1.807) is 0 Å². The van der Waals surface area contributed by atoms with Crippen LogP contribution >= 0.6 is 0 Å². The number of nitrogens with zero attached hydrogens (tertiary/aromatic N) is 1. The third-order valence-electron chi connectivity index (χ3n) is 5.07. The number of hydrogen-bond acceptors (Lipinski definition) is 2. The highest BCUT2D eigenvalue weighted by Crippen LogP contribution is 2.53. The summed E-state index contributed by atoms with van der Waals surface area (Å²) in [4.78, 5) is 2.76. The maximum Gasteiger partial charge on any atom is 0.00964 e. The number of nitrogens with two attached hydrogens (primary N) is 1. The molecule has 1 heterocycles. The predicted molar refractivity (Wildman–Crippen MR) is 62.7 cm³/mol. The van der Waals surface area contributed by atoms with Gasteiger partial charge in [0.15, 0.2) is 0 Å². The van der Waals surface area contributed by atoms with Crippen LogP contribution in [0.25, 0.3) is 0 Å². The Labute approximate surface area is 93.2 Å². The van der Waals surface area contributed by atoms with Crippen molar-refractivity contribution in [3.05, 3.63) is 0 Å². The molecule has 3 rings (SSSR count). The van der Waals surface area contributed by atoms with Crippen LogP contribution in [0.1, 0.15) is 51.4 Å². The lowest BCUT2D eigenvalue weighted by Crippen LogP contribution is -2.45. The fourth-order valence-corrected chi connectivity index (χ4v) is 3.51. The molecule has 0 unspecified atom stereocenters. The summed E-state index contributed by atoms with van der Waals surface area (Å²) in [5, 5.41) is 0. The van der Waals surface area contributed by atoms with Crippen molar-refractivity contribution in [2.24, 2.45) is 11.1 Å². The summed E-state index contributed by atoms with van der Waals surface area (Å²) in [5.74, 6) is 0. The molecule has 86 valence electrons. The van der Waals surface area contributed by atoms with Crippen LogP contribution in [0.3, 0.4) is 0 Å². The first-order valence-electron chi connectivity index (χ1n) is 6.77. The lowest BCUT2D eigenvalue weighted by molar-refractivity contribution is 0.0961. The third-order valence-corrected chi connectivity index (χ3v) is 5.07. The standard InChI is InChI=1S/C13H24N2/c14-11-1-3-12(4-2-11)15-9-7-13(5-6-13)8-10-15/h11-12H,1-10,14H2. The van der Waals surface area contributed by atoms with Gasteiger partial charge in [-0.15, -0.1) is 0 Å². The van der Waals surface area contributed by atoms with E-state index >= 15 is 0 Å². The van der Waals surface area contributed by atoms with E-state index in [0.717, 1.165) is 11.5 Å². The molecule has 1 spiro atoms. The molecule has 3 aliphatic rings. The van der Waals surface area contributed by atoms with Gasteiger partial charge >= 0.3 is 0 Å². The summed E-state index contributed by atoms with van der Waals surface area (Å²) in [7, 11) is 0. The number of likely N-dealkylation sites (tertiary alicyclic amines) is 1. The largest absolute Gasteiger partial charge is 0.328 e. The quantitative estimate of drug-likeness (QED) is 0.715. The van der Waals surface area contributed by atoms with Crippen LogP contribution in [0.2, 0.25) is 0 Å². The van der Waals surface area contributed by atoms with E-state index in [9.17, 15) is 0 Å². The van der Waals surface area contributed by atoms with Gasteiger partial charge < -0.3 is 10.6 Å². The molecule has 0 aromatic carbocycles. The molecule has 0 aromatic rings. The van der Waals surface area contributed by atoms with Gasteiger partial charge in [-0.1, -0.05) is 0 Å². The van der Waals surface area contributed by atoms with Gasteiger partial charge in [0.2, 0.25) is 0 Å². The van der Waals surface area contributed by atoms with E-state index < -0.39 is 0 Å². The van der Waals surface area contributed by atoms with E-state index in [1.165, 1.54) is 64.5 Å². The summed E-state index contributed by atoms with van der Waals surface area (Å²) >= 11 is 0. The van der Waals surface area contributed by atoms with Crippen LogP contribution in [-0.4, -0.2) is 30.1 Å². The monoisotopic (exact) mass is 208 g/mol. The summed E-state index contributed by atoms with van der Waals surface area (Å²) in [5.41, 5.74) is 6.80. The fraction of sp³-hybridized carbons (Fsp3) is 1.00. The Morgan fingerprint density at radius 2 is 1.47 bits per heavy atom. The molecular formula is C13H24N2. The van der Waals surface area contributed by atoms with Gasteiger partial charge in [-0.25, -0.2) is 0 Å². The van der Waals surface area contributed by atoms with Crippen molar-refractivity contribution < 1.29 is 0 Å². The lowest BCUT2D eigenvalue weighted by Gasteiger charge is -2.40. The van der Waals surface area contributed by atoms with E-state index in [0.29, 0.717) is 6.04 Å². The highest BCUT2D eigenvalue weighted by molar-refractivity contribution is 4.98. The molecule has 0 aromatic heterocycles. The first-order chi connectivity index (χ1) is 7.27. The SMILES string of the molecule is NC1CCC(N2CCC3(CC2)CC3)CC1. The Bertz CT molecular complexity index is 217. The topological polar surface area (TPSA) is 29.3 Å². The molecule has 2 nitrogen and oxygen atoms in total. The van der Waals surface area contributed by atoms with E-state index in [4.69, 9.17) is 5.73 Å². The second kappa shape index (κ2) is 3.74. The molecule has 2 saturated carbocycles. The minimum absolute atomic E-state index is 0.501. The molecule has 15 heavy (non-hydrogen) atoms. The van der Waals surface area contributed by atoms with Gasteiger partial charge in [-0.3, -0.25) is 0 Å². The van der Waals surface area contributed by atoms with Crippen molar-refractivity contribution in [2.75, 3.05) is 13.1 Å². The van der Waals surface area contributed by atoms with Gasteiger partial charge in [0.25, 0.3) is 0 Å². The molecule has 0 radical (unpaired) electrons. The highest BCUT2D eigenvalue weighted by Gasteiger charge is 2.45. The van der Waals surface area contributed by atoms with Crippen LogP contribution in [-0.2, 0) is 0 Å². The molecular weight excluding hydrogens is 184 g/mol. The molecule has 3 fully saturated rings. The predicted octanol–water partition coefficient (Wildman–Crippen LogP) is 2.13. The van der Waals surface area contributed by atoms with Gasteiger partial charge in [0.05, 0.1) is 0 Å². The fourth-order valence-electron chi connectivity index (χ4n) is 3.51. The average molecular weight is 208 g/mol. The Balaban J connectivity index is 1.51. The highest BCUT2D eigenvalue weighted by atomic mass is 15.2. The van der Waals surface area contributed by atoms with E-state index in [-0.39, 0.29) is 0 Å². The Kier molecular flexibility index (Phi) is 2.52. The zero-order valence-corrected chi connectivity index (χ0v) is 9.75. The maximum atomic E-state index is 5.96. The molecule has 2 heteroatoms. The van der Waals surface area contributed by atoms with E-state index in [2.05, 4.69) is 4.90 Å². The van der Waals surface area contributed by atoms with E-state index in [1.807, 2.05) is 0 Å². The zero-order valence-electron chi connectivity index (χ0n) is 9.75. The summed E-state index contributed by atoms with van der Waals surface area (Å²) in [6.07, 6.45) is 11.2. The van der Waals surface area contributed by atoms with Gasteiger partial charge in [0.1, 0.15) is 0 Å². The van der Waals surface area contributed by atoms with Crippen molar-refractivity contribution in [3.63, 3.8) is 0 Å². The van der Waals surface area contributed by atoms with Gasteiger partial charge in [0, 0.05) is 12.1 Å². The maximum absolute atomic E-state index is 5.96. The molecule has 1 saturated heterocycles. The molecule has 0 bridgehead atoms. The van der Waals surface area contributed by atoms with Crippen molar-refractivity contribution >= 4 is 0 Å². The average Bonchev–Trinajstić information content (AvgIpc) is 3.01. The summed E-state index contributed by atoms with van der Waals surface area (Å²) in [6, 6.07) is 1.38. The summed E-state index contributed by atoms with van der Waals surface area (Å²) in [6.45, 7) is 2.75. The zero-order chi connectivity index (χ0) is 10.3. The van der Waals surface area contributed by atoms with Crippen molar-refractivity contribution in [2.45, 2.75) is 63.5 Å². The smallest absolute Gasteiger partial charge is 0.00964 e. The first-order valence-corrected chi connectivity index (χ1v) is 6.77. The molecule has 0 amide bonds. The Morgan fingerprint density at radius 1 is 0.867 bits per heavy atom. The van der Waals surface area contributed by atoms with Gasteiger partial charge in [-0.2, -0.15) is 0 Å². The Hall–Kier alpha value is -0.0800. The van der Waals surface area contributed by atoms with Crippen LogP contribution < -0.4 is 5.73 Å². The number of hydrogen-bond donors (Lipinski definition) is 1. The van der Waals surface area contributed by atoms with Crippen LogP contribution in [0.4, 0.5) is 0 Å².